The summed E-state index contributed by atoms with van der Waals surface area (Å²) in [6, 6.07) is 5.20. The summed E-state index contributed by atoms with van der Waals surface area (Å²) in [6.07, 6.45) is 0. The van der Waals surface area contributed by atoms with E-state index in [1.807, 2.05) is 13.0 Å². The van der Waals surface area contributed by atoms with Crippen molar-refractivity contribution in [2.45, 2.75) is 13.5 Å². The molecule has 0 aliphatic rings. The molecule has 0 amide bonds. The third-order valence-corrected chi connectivity index (χ3v) is 1.55. The van der Waals surface area contributed by atoms with Gasteiger partial charge in [0, 0.05) is 6.54 Å². The molecule has 1 aromatic carbocycles. The van der Waals surface area contributed by atoms with Crippen molar-refractivity contribution in [3.63, 3.8) is 0 Å². The van der Waals surface area contributed by atoms with Gasteiger partial charge >= 0.3 is 0 Å². The average Bonchev–Trinajstić information content (AvgIpc) is 1.88. The Balaban J connectivity index is 0.000001000. The number of hydrogen-bond acceptors (Lipinski definition) is 2. The number of phenols is 1. The molecule has 1 rings (SSSR count). The number of aromatic hydroxyl groups is 1. The van der Waals surface area contributed by atoms with E-state index in [1.165, 1.54) is 0 Å². The average molecular weight is 174 g/mol. The van der Waals surface area contributed by atoms with Crippen LogP contribution in [0.3, 0.4) is 0 Å². The Morgan fingerprint density at radius 3 is 2.55 bits per heavy atom. The quantitative estimate of drug-likeness (QED) is 0.678. The lowest BCUT2D eigenvalue weighted by Crippen LogP contribution is -1.97. The molecule has 11 heavy (non-hydrogen) atoms. The first-order chi connectivity index (χ1) is 4.74. The molecule has 0 aliphatic heterocycles. The van der Waals surface area contributed by atoms with E-state index >= 15 is 0 Å². The Morgan fingerprint density at radius 2 is 2.09 bits per heavy atom. The summed E-state index contributed by atoms with van der Waals surface area (Å²) in [5.74, 6) is 0.301. The highest BCUT2D eigenvalue weighted by Gasteiger charge is 1.94. The summed E-state index contributed by atoms with van der Waals surface area (Å²) in [7, 11) is 0. The van der Waals surface area contributed by atoms with Gasteiger partial charge in [-0.15, -0.1) is 12.4 Å². The van der Waals surface area contributed by atoms with Gasteiger partial charge in [-0.25, -0.2) is 0 Å². The second kappa shape index (κ2) is 4.21. The lowest BCUT2D eigenvalue weighted by atomic mass is 10.1. The minimum atomic E-state index is 0. The molecule has 2 nitrogen and oxygen atoms in total. The van der Waals surface area contributed by atoms with Crippen molar-refractivity contribution in [1.82, 2.24) is 0 Å². The van der Waals surface area contributed by atoms with Crippen molar-refractivity contribution < 1.29 is 5.11 Å². The van der Waals surface area contributed by atoms with Crippen molar-refractivity contribution in [3.05, 3.63) is 29.3 Å². The standard InChI is InChI=1S/C8H11NO.ClH/c1-6-4-8(10)3-2-7(6)5-9;/h2-4,10H,5,9H2,1H3;1H. The zero-order valence-corrected chi connectivity index (χ0v) is 7.19. The molecule has 1 aromatic rings. The smallest absolute Gasteiger partial charge is 0.115 e. The van der Waals surface area contributed by atoms with E-state index in [1.54, 1.807) is 12.1 Å². The van der Waals surface area contributed by atoms with E-state index in [2.05, 4.69) is 0 Å². The molecule has 0 spiro atoms. The number of aryl methyl sites for hydroxylation is 1. The maximum atomic E-state index is 8.99. The molecule has 3 heteroatoms. The zero-order valence-electron chi connectivity index (χ0n) is 6.37. The third-order valence-electron chi connectivity index (χ3n) is 1.55. The van der Waals surface area contributed by atoms with Crippen molar-refractivity contribution in [2.75, 3.05) is 0 Å². The van der Waals surface area contributed by atoms with Gasteiger partial charge < -0.3 is 10.8 Å². The Kier molecular flexibility index (Phi) is 3.93. The fourth-order valence-electron chi connectivity index (χ4n) is 0.909. The van der Waals surface area contributed by atoms with E-state index in [-0.39, 0.29) is 12.4 Å². The van der Waals surface area contributed by atoms with Crippen LogP contribution < -0.4 is 5.73 Å². The number of nitrogens with two attached hydrogens (primary N) is 1. The van der Waals surface area contributed by atoms with Crippen LogP contribution in [-0.2, 0) is 6.54 Å². The molecule has 0 fully saturated rings. The normalized spacial score (nSPS) is 8.91. The van der Waals surface area contributed by atoms with Crippen LogP contribution in [0, 0.1) is 6.92 Å². The Hall–Kier alpha value is -0.730. The van der Waals surface area contributed by atoms with Gasteiger partial charge in [0.15, 0.2) is 0 Å². The summed E-state index contributed by atoms with van der Waals surface area (Å²) in [5.41, 5.74) is 7.54. The largest absolute Gasteiger partial charge is 0.508 e. The molecule has 0 atom stereocenters. The highest BCUT2D eigenvalue weighted by Crippen LogP contribution is 2.14. The minimum Gasteiger partial charge on any atom is -0.508 e. The Morgan fingerprint density at radius 1 is 1.45 bits per heavy atom. The molecule has 0 saturated carbocycles. The zero-order chi connectivity index (χ0) is 7.56. The molecule has 0 aromatic heterocycles. The summed E-state index contributed by atoms with van der Waals surface area (Å²) < 4.78 is 0. The predicted molar refractivity (Wildman–Crippen MR) is 48.0 cm³/mol. The van der Waals surface area contributed by atoms with E-state index in [9.17, 15) is 0 Å². The maximum Gasteiger partial charge on any atom is 0.115 e. The van der Waals surface area contributed by atoms with Gasteiger partial charge in [0.25, 0.3) is 0 Å². The molecule has 62 valence electrons. The monoisotopic (exact) mass is 173 g/mol. The Bertz CT molecular complexity index is 238. The van der Waals surface area contributed by atoms with Crippen LogP contribution in [-0.4, -0.2) is 5.11 Å². The topological polar surface area (TPSA) is 46.2 Å². The fourth-order valence-corrected chi connectivity index (χ4v) is 0.909. The van der Waals surface area contributed by atoms with Gasteiger partial charge in [0.05, 0.1) is 0 Å². The van der Waals surface area contributed by atoms with Crippen molar-refractivity contribution in [1.29, 1.82) is 0 Å². The second-order valence-corrected chi connectivity index (χ2v) is 2.31. The van der Waals surface area contributed by atoms with E-state index in [0.717, 1.165) is 11.1 Å². The molecule has 0 aliphatic carbocycles. The fraction of sp³-hybridized carbons (Fsp3) is 0.250. The minimum absolute atomic E-state index is 0. The summed E-state index contributed by atoms with van der Waals surface area (Å²) in [5, 5.41) is 8.99. The summed E-state index contributed by atoms with van der Waals surface area (Å²) in [4.78, 5) is 0. The van der Waals surface area contributed by atoms with Crippen LogP contribution in [0.4, 0.5) is 0 Å². The van der Waals surface area contributed by atoms with Crippen molar-refractivity contribution in [3.8, 4) is 5.75 Å². The van der Waals surface area contributed by atoms with Crippen LogP contribution in [0.25, 0.3) is 0 Å². The lowest BCUT2D eigenvalue weighted by Gasteiger charge is -2.01. The van der Waals surface area contributed by atoms with E-state index < -0.39 is 0 Å². The molecule has 0 unspecified atom stereocenters. The first-order valence-corrected chi connectivity index (χ1v) is 3.22. The highest BCUT2D eigenvalue weighted by atomic mass is 35.5. The van der Waals surface area contributed by atoms with Gasteiger partial charge in [-0.2, -0.15) is 0 Å². The van der Waals surface area contributed by atoms with Crippen molar-refractivity contribution >= 4 is 12.4 Å². The molecular weight excluding hydrogens is 162 g/mol. The Labute approximate surface area is 72.4 Å². The molecule has 0 bridgehead atoms. The summed E-state index contributed by atoms with van der Waals surface area (Å²) >= 11 is 0. The number of halogens is 1. The van der Waals surface area contributed by atoms with Gasteiger partial charge in [0.1, 0.15) is 5.75 Å². The molecule has 0 radical (unpaired) electrons. The van der Waals surface area contributed by atoms with E-state index in [0.29, 0.717) is 12.3 Å². The number of rotatable bonds is 1. The van der Waals surface area contributed by atoms with Gasteiger partial charge in [-0.3, -0.25) is 0 Å². The molecule has 0 heterocycles. The first-order valence-electron chi connectivity index (χ1n) is 3.22. The van der Waals surface area contributed by atoms with Crippen LogP contribution in [0.2, 0.25) is 0 Å². The predicted octanol–water partition coefficient (Wildman–Crippen LogP) is 1.58. The van der Waals surface area contributed by atoms with Crippen LogP contribution in [0.1, 0.15) is 11.1 Å². The number of phenolic OH excluding ortho intramolecular Hbond substituents is 1. The lowest BCUT2D eigenvalue weighted by molar-refractivity contribution is 0.474. The van der Waals surface area contributed by atoms with Gasteiger partial charge in [-0.05, 0) is 30.2 Å². The number of benzene rings is 1. The second-order valence-electron chi connectivity index (χ2n) is 2.31. The van der Waals surface area contributed by atoms with Crippen molar-refractivity contribution in [2.24, 2.45) is 5.73 Å². The first kappa shape index (κ1) is 10.3. The maximum absolute atomic E-state index is 8.99. The molecular formula is C8H12ClNO. The molecule has 0 saturated heterocycles. The third kappa shape index (κ3) is 2.41. The van der Waals surface area contributed by atoms with Crippen LogP contribution in [0.15, 0.2) is 18.2 Å². The van der Waals surface area contributed by atoms with Crippen LogP contribution >= 0.6 is 12.4 Å². The SMILES string of the molecule is Cc1cc(O)ccc1CN.Cl. The number of hydrogen-bond donors (Lipinski definition) is 2. The summed E-state index contributed by atoms with van der Waals surface area (Å²) in [6.45, 7) is 2.47. The van der Waals surface area contributed by atoms with Gasteiger partial charge in [-0.1, -0.05) is 6.07 Å². The van der Waals surface area contributed by atoms with Gasteiger partial charge in [0.2, 0.25) is 0 Å². The van der Waals surface area contributed by atoms with Crippen LogP contribution in [0.5, 0.6) is 5.75 Å². The highest BCUT2D eigenvalue weighted by molar-refractivity contribution is 5.85. The van der Waals surface area contributed by atoms with E-state index in [4.69, 9.17) is 10.8 Å². The molecule has 3 N–H and O–H groups in total.